The molecule has 2 heterocycles. The minimum Gasteiger partial charge on any atom is -0.480 e. The highest BCUT2D eigenvalue weighted by Gasteiger charge is 2.44. The number of nitrogens with two attached hydrogens (primary N) is 1. The molecular weight excluding hydrogens is 350 g/mol. The van der Waals surface area contributed by atoms with E-state index >= 15 is 0 Å². The van der Waals surface area contributed by atoms with Gasteiger partial charge in [0.2, 0.25) is 11.8 Å². The lowest BCUT2D eigenvalue weighted by molar-refractivity contribution is -0.142. The quantitative estimate of drug-likeness (QED) is 0.543. The first kappa shape index (κ1) is 19.1. The molecule has 2 unspecified atom stereocenters. The number of hydrogen-bond donors (Lipinski definition) is 2. The third-order valence-electron chi connectivity index (χ3n) is 4.11. The summed E-state index contributed by atoms with van der Waals surface area (Å²) in [5.74, 6) is -3.04. The fraction of sp³-hybridized carbons (Fsp3) is 0.533. The standard InChI is InChI=1S/C15H19N3O6S/c1-15(2,12(16)14(23)24)25-8-7-11(21)18(13(8)22)6-5-17-9(19)3-4-10(17)20/h3-4,8,12H,5-7,16H2,1-2H3,(H,23,24). The minimum absolute atomic E-state index is 0.0700. The maximum absolute atomic E-state index is 12.4. The molecule has 0 aromatic rings. The van der Waals surface area contributed by atoms with Gasteiger partial charge in [0.15, 0.2) is 0 Å². The molecule has 25 heavy (non-hydrogen) atoms. The number of hydrogen-bond acceptors (Lipinski definition) is 7. The van der Waals surface area contributed by atoms with Gasteiger partial charge in [0.1, 0.15) is 6.04 Å². The second-order valence-corrected chi connectivity index (χ2v) is 8.13. The number of aliphatic carboxylic acids is 1. The average Bonchev–Trinajstić information content (AvgIpc) is 2.96. The van der Waals surface area contributed by atoms with Crippen LogP contribution in [0.15, 0.2) is 12.2 Å². The van der Waals surface area contributed by atoms with Crippen molar-refractivity contribution in [3.8, 4) is 0 Å². The molecule has 1 saturated heterocycles. The maximum atomic E-state index is 12.4. The monoisotopic (exact) mass is 369 g/mol. The van der Waals surface area contributed by atoms with E-state index in [1.807, 2.05) is 0 Å². The van der Waals surface area contributed by atoms with E-state index in [2.05, 4.69) is 0 Å². The van der Waals surface area contributed by atoms with Crippen LogP contribution in [0, 0.1) is 0 Å². The first-order valence-corrected chi connectivity index (χ1v) is 8.46. The van der Waals surface area contributed by atoms with Gasteiger partial charge in [-0.25, -0.2) is 0 Å². The molecule has 2 aliphatic rings. The lowest BCUT2D eigenvalue weighted by Crippen LogP contribution is -2.48. The van der Waals surface area contributed by atoms with Crippen molar-refractivity contribution in [2.75, 3.05) is 13.1 Å². The summed E-state index contributed by atoms with van der Waals surface area (Å²) in [5, 5.41) is 8.30. The van der Waals surface area contributed by atoms with Crippen LogP contribution in [0.25, 0.3) is 0 Å². The van der Waals surface area contributed by atoms with Crippen molar-refractivity contribution >= 4 is 41.4 Å². The fourth-order valence-corrected chi connectivity index (χ4v) is 4.00. The zero-order chi connectivity index (χ0) is 18.9. The summed E-state index contributed by atoms with van der Waals surface area (Å²) in [4.78, 5) is 60.6. The van der Waals surface area contributed by atoms with Gasteiger partial charge in [0.05, 0.1) is 5.25 Å². The predicted octanol–water partition coefficient (Wildman–Crippen LogP) is -1.04. The highest BCUT2D eigenvalue weighted by atomic mass is 32.2. The molecular formula is C15H19N3O6S. The molecule has 136 valence electrons. The Bertz CT molecular complexity index is 656. The second-order valence-electron chi connectivity index (χ2n) is 6.28. The van der Waals surface area contributed by atoms with Crippen LogP contribution < -0.4 is 5.73 Å². The van der Waals surface area contributed by atoms with Crippen LogP contribution in [0.2, 0.25) is 0 Å². The number of carboxylic acids is 1. The SMILES string of the molecule is CC(C)(SC1CC(=O)N(CCN2C(=O)C=CC2=O)C1=O)C(N)C(=O)O. The number of likely N-dealkylation sites (tertiary alicyclic amines) is 1. The zero-order valence-electron chi connectivity index (χ0n) is 13.8. The van der Waals surface area contributed by atoms with E-state index in [0.717, 1.165) is 33.7 Å². The first-order chi connectivity index (χ1) is 11.5. The summed E-state index contributed by atoms with van der Waals surface area (Å²) < 4.78 is -0.951. The van der Waals surface area contributed by atoms with Crippen molar-refractivity contribution in [1.82, 2.24) is 9.80 Å². The summed E-state index contributed by atoms with van der Waals surface area (Å²) in [6.07, 6.45) is 2.19. The molecule has 0 aliphatic carbocycles. The third kappa shape index (κ3) is 3.90. The number of carboxylic acid groups (broad SMARTS) is 1. The largest absolute Gasteiger partial charge is 0.480 e. The Kier molecular flexibility index (Phi) is 5.33. The van der Waals surface area contributed by atoms with E-state index < -0.39 is 45.6 Å². The number of carbonyl (C=O) groups is 5. The van der Waals surface area contributed by atoms with Gasteiger partial charge in [-0.2, -0.15) is 0 Å². The zero-order valence-corrected chi connectivity index (χ0v) is 14.6. The van der Waals surface area contributed by atoms with Gasteiger partial charge < -0.3 is 10.8 Å². The number of nitrogens with zero attached hydrogens (tertiary/aromatic N) is 2. The van der Waals surface area contributed by atoms with Gasteiger partial charge in [-0.15, -0.1) is 11.8 Å². The smallest absolute Gasteiger partial charge is 0.321 e. The van der Waals surface area contributed by atoms with Gasteiger partial charge in [-0.05, 0) is 13.8 Å². The molecule has 3 N–H and O–H groups in total. The highest BCUT2D eigenvalue weighted by molar-refractivity contribution is 8.02. The van der Waals surface area contributed by atoms with Gasteiger partial charge in [0, 0.05) is 36.4 Å². The van der Waals surface area contributed by atoms with Crippen molar-refractivity contribution < 1.29 is 29.1 Å². The molecule has 0 aromatic carbocycles. The van der Waals surface area contributed by atoms with Crippen LogP contribution in [0.5, 0.6) is 0 Å². The van der Waals surface area contributed by atoms with Crippen LogP contribution in [-0.4, -0.2) is 73.6 Å². The molecule has 4 amide bonds. The molecule has 0 aromatic heterocycles. The van der Waals surface area contributed by atoms with Crippen LogP contribution in [0.3, 0.4) is 0 Å². The van der Waals surface area contributed by atoms with E-state index in [-0.39, 0.29) is 19.5 Å². The van der Waals surface area contributed by atoms with Crippen molar-refractivity contribution in [3.05, 3.63) is 12.2 Å². The van der Waals surface area contributed by atoms with Gasteiger partial charge in [-0.3, -0.25) is 33.8 Å². The molecule has 0 bridgehead atoms. The number of carbonyl (C=O) groups excluding carboxylic acids is 4. The molecule has 9 nitrogen and oxygen atoms in total. The Morgan fingerprint density at radius 1 is 1.24 bits per heavy atom. The maximum Gasteiger partial charge on any atom is 0.321 e. The van der Waals surface area contributed by atoms with E-state index in [4.69, 9.17) is 10.8 Å². The predicted molar refractivity (Wildman–Crippen MR) is 88.3 cm³/mol. The summed E-state index contributed by atoms with van der Waals surface area (Å²) in [6.45, 7) is 3.05. The first-order valence-electron chi connectivity index (χ1n) is 7.58. The lowest BCUT2D eigenvalue weighted by atomic mass is 10.1. The summed E-state index contributed by atoms with van der Waals surface area (Å²) in [5.41, 5.74) is 5.64. The van der Waals surface area contributed by atoms with Crippen LogP contribution in [0.4, 0.5) is 0 Å². The normalized spacial score (nSPS) is 22.3. The molecule has 2 aliphatic heterocycles. The number of imide groups is 2. The van der Waals surface area contributed by atoms with Crippen molar-refractivity contribution in [1.29, 1.82) is 0 Å². The minimum atomic E-state index is -1.19. The van der Waals surface area contributed by atoms with Crippen molar-refractivity contribution in [3.63, 3.8) is 0 Å². The summed E-state index contributed by atoms with van der Waals surface area (Å²) in [6, 6.07) is -1.19. The Hall–Kier alpha value is -2.20. The Morgan fingerprint density at radius 3 is 2.28 bits per heavy atom. The van der Waals surface area contributed by atoms with Crippen molar-refractivity contribution in [2.45, 2.75) is 36.3 Å². The van der Waals surface area contributed by atoms with Crippen LogP contribution in [0.1, 0.15) is 20.3 Å². The molecule has 0 saturated carbocycles. The molecule has 1 fully saturated rings. The molecule has 2 rings (SSSR count). The van der Waals surface area contributed by atoms with Crippen molar-refractivity contribution in [2.24, 2.45) is 5.73 Å². The van der Waals surface area contributed by atoms with Gasteiger partial charge in [-0.1, -0.05) is 0 Å². The molecule has 0 radical (unpaired) electrons. The number of thioether (sulfide) groups is 1. The topological polar surface area (TPSA) is 138 Å². The van der Waals surface area contributed by atoms with Gasteiger partial charge in [0.25, 0.3) is 11.8 Å². The van der Waals surface area contributed by atoms with Crippen LogP contribution >= 0.6 is 11.8 Å². The highest BCUT2D eigenvalue weighted by Crippen LogP contribution is 2.36. The van der Waals surface area contributed by atoms with Gasteiger partial charge >= 0.3 is 5.97 Å². The molecule has 10 heteroatoms. The second kappa shape index (κ2) is 6.96. The van der Waals surface area contributed by atoms with E-state index in [0.29, 0.717) is 0 Å². The Labute approximate surface area is 148 Å². The molecule has 2 atom stereocenters. The molecule has 0 spiro atoms. The summed E-state index contributed by atoms with van der Waals surface area (Å²) in [7, 11) is 0. The summed E-state index contributed by atoms with van der Waals surface area (Å²) >= 11 is 1.04. The third-order valence-corrected chi connectivity index (χ3v) is 5.63. The fourth-order valence-electron chi connectivity index (χ4n) is 2.57. The lowest BCUT2D eigenvalue weighted by Gasteiger charge is -2.30. The number of amides is 4. The van der Waals surface area contributed by atoms with E-state index in [9.17, 15) is 24.0 Å². The van der Waals surface area contributed by atoms with Crippen LogP contribution in [-0.2, 0) is 24.0 Å². The Balaban J connectivity index is 1.99. The Morgan fingerprint density at radius 2 is 1.76 bits per heavy atom. The van der Waals surface area contributed by atoms with E-state index in [1.54, 1.807) is 13.8 Å². The average molecular weight is 369 g/mol. The van der Waals surface area contributed by atoms with E-state index in [1.165, 1.54) is 0 Å². The number of rotatable bonds is 7.